The van der Waals surface area contributed by atoms with Crippen molar-refractivity contribution in [1.29, 1.82) is 5.26 Å². The van der Waals surface area contributed by atoms with E-state index in [-0.39, 0.29) is 24.2 Å². The number of imide groups is 2. The molecular formula is C44H45ClN8O5. The lowest BCUT2D eigenvalue weighted by Gasteiger charge is -2.42. The molecule has 4 aromatic rings. The van der Waals surface area contributed by atoms with E-state index < -0.39 is 23.8 Å². The minimum Gasteiger partial charge on any atom is -0.487 e. The van der Waals surface area contributed by atoms with Gasteiger partial charge in [-0.15, -0.1) is 0 Å². The number of ether oxygens (including phenoxy) is 1. The van der Waals surface area contributed by atoms with E-state index in [9.17, 15) is 24.4 Å². The number of halogens is 1. The van der Waals surface area contributed by atoms with Gasteiger partial charge in [-0.25, -0.2) is 9.97 Å². The van der Waals surface area contributed by atoms with Crippen LogP contribution in [-0.2, 0) is 28.2 Å². The predicted molar refractivity (Wildman–Crippen MR) is 216 cm³/mol. The molecule has 14 heteroatoms. The number of likely N-dealkylation sites (tertiary alicyclic amines) is 1. The van der Waals surface area contributed by atoms with Gasteiger partial charge in [-0.05, 0) is 91.5 Å². The molecule has 8 rings (SSSR count). The molecule has 1 atom stereocenters. The van der Waals surface area contributed by atoms with Crippen LogP contribution in [0.15, 0.2) is 72.9 Å². The first-order chi connectivity index (χ1) is 28.0. The molecule has 58 heavy (non-hydrogen) atoms. The number of carbonyl (C=O) groups is 4. The van der Waals surface area contributed by atoms with Crippen molar-refractivity contribution in [2.24, 2.45) is 0 Å². The van der Waals surface area contributed by atoms with E-state index in [1.54, 1.807) is 24.4 Å². The third kappa shape index (κ3) is 7.92. The van der Waals surface area contributed by atoms with Crippen molar-refractivity contribution >= 4 is 41.2 Å². The quantitative estimate of drug-likeness (QED) is 0.214. The Morgan fingerprint density at radius 3 is 2.38 bits per heavy atom. The SMILES string of the molecule is CC(C)(c1ccc(OCc2ccnc(N3CCN(C4CCN(Cc5cccc6c5C(=O)N(C5CCC(=O)NC5=O)C6=O)CC4)CC3)n2)cc1)c1cc(Cl)cc(C#N)c1. The highest BCUT2D eigenvalue weighted by atomic mass is 35.5. The highest BCUT2D eigenvalue weighted by Gasteiger charge is 2.45. The summed E-state index contributed by atoms with van der Waals surface area (Å²) in [5.41, 5.74) is 4.49. The molecule has 3 aromatic carbocycles. The first-order valence-corrected chi connectivity index (χ1v) is 20.2. The van der Waals surface area contributed by atoms with Crippen LogP contribution >= 0.6 is 11.6 Å². The molecule has 3 saturated heterocycles. The van der Waals surface area contributed by atoms with Crippen LogP contribution in [0.25, 0.3) is 0 Å². The third-order valence-corrected chi connectivity index (χ3v) is 12.2. The summed E-state index contributed by atoms with van der Waals surface area (Å²) in [7, 11) is 0. The zero-order valence-corrected chi connectivity index (χ0v) is 33.4. The first-order valence-electron chi connectivity index (χ1n) is 19.8. The fraction of sp³-hybridized carbons (Fsp3) is 0.386. The van der Waals surface area contributed by atoms with Gasteiger partial charge in [0.25, 0.3) is 11.8 Å². The van der Waals surface area contributed by atoms with E-state index in [1.807, 2.05) is 48.5 Å². The van der Waals surface area contributed by atoms with Gasteiger partial charge in [0.2, 0.25) is 17.8 Å². The highest BCUT2D eigenvalue weighted by Crippen LogP contribution is 2.35. The minimum atomic E-state index is -0.976. The highest BCUT2D eigenvalue weighted by molar-refractivity contribution is 6.30. The molecule has 0 radical (unpaired) electrons. The predicted octanol–water partition coefficient (Wildman–Crippen LogP) is 5.09. The number of anilines is 1. The summed E-state index contributed by atoms with van der Waals surface area (Å²) in [6.45, 7) is 10.3. The maximum Gasteiger partial charge on any atom is 0.262 e. The molecule has 3 fully saturated rings. The number of piperazine rings is 1. The number of piperidine rings is 2. The summed E-state index contributed by atoms with van der Waals surface area (Å²) in [6.07, 6.45) is 4.00. The Kier molecular flexibility index (Phi) is 11.0. The average molecular weight is 801 g/mol. The number of amides is 4. The Balaban J connectivity index is 0.812. The van der Waals surface area contributed by atoms with E-state index in [1.165, 1.54) is 0 Å². The molecule has 4 aliphatic rings. The molecule has 1 unspecified atom stereocenters. The van der Waals surface area contributed by atoms with E-state index in [4.69, 9.17) is 21.3 Å². The molecule has 298 valence electrons. The lowest BCUT2D eigenvalue weighted by molar-refractivity contribution is -0.136. The molecule has 0 spiro atoms. The van der Waals surface area contributed by atoms with E-state index in [0.29, 0.717) is 46.9 Å². The largest absolute Gasteiger partial charge is 0.487 e. The normalized spacial score (nSPS) is 19.6. The fourth-order valence-corrected chi connectivity index (χ4v) is 8.85. The molecule has 5 heterocycles. The maximum atomic E-state index is 13.6. The third-order valence-electron chi connectivity index (χ3n) is 12.0. The van der Waals surface area contributed by atoms with Crippen LogP contribution in [0, 0.1) is 11.3 Å². The minimum absolute atomic E-state index is 0.0918. The molecule has 4 amide bonds. The molecule has 1 N–H and O–H groups in total. The number of nitrogens with zero attached hydrogens (tertiary/aromatic N) is 7. The van der Waals surface area contributed by atoms with Crippen molar-refractivity contribution < 1.29 is 23.9 Å². The second-order valence-corrected chi connectivity index (χ2v) is 16.4. The number of nitrogens with one attached hydrogen (secondary N) is 1. The van der Waals surface area contributed by atoms with Crippen LogP contribution in [0.1, 0.15) is 88.2 Å². The Morgan fingerprint density at radius 2 is 1.66 bits per heavy atom. The van der Waals surface area contributed by atoms with Gasteiger partial charge in [0, 0.05) is 61.8 Å². The maximum absolute atomic E-state index is 13.6. The Labute approximate surface area is 342 Å². The second kappa shape index (κ2) is 16.3. The van der Waals surface area contributed by atoms with Crippen LogP contribution in [0.2, 0.25) is 5.02 Å². The van der Waals surface area contributed by atoms with E-state index >= 15 is 0 Å². The summed E-state index contributed by atoms with van der Waals surface area (Å²) >= 11 is 6.30. The smallest absolute Gasteiger partial charge is 0.262 e. The van der Waals surface area contributed by atoms with Crippen molar-refractivity contribution in [2.45, 2.75) is 70.2 Å². The van der Waals surface area contributed by atoms with Gasteiger partial charge in [0.05, 0.1) is 28.5 Å². The number of nitriles is 1. The van der Waals surface area contributed by atoms with Gasteiger partial charge >= 0.3 is 0 Å². The molecule has 0 aliphatic carbocycles. The van der Waals surface area contributed by atoms with Crippen LogP contribution in [0.5, 0.6) is 5.75 Å². The van der Waals surface area contributed by atoms with E-state index in [2.05, 4.69) is 44.9 Å². The molecule has 4 aliphatic heterocycles. The zero-order valence-electron chi connectivity index (χ0n) is 32.6. The van der Waals surface area contributed by atoms with Crippen molar-refractivity contribution in [2.75, 3.05) is 44.2 Å². The van der Waals surface area contributed by atoms with Gasteiger partial charge in [-0.1, -0.05) is 49.7 Å². The number of aromatic nitrogens is 2. The van der Waals surface area contributed by atoms with Gasteiger partial charge in [0.1, 0.15) is 18.4 Å². The molecule has 13 nitrogen and oxygen atoms in total. The van der Waals surface area contributed by atoms with Crippen molar-refractivity contribution in [3.05, 3.63) is 117 Å². The number of hydrogen-bond acceptors (Lipinski definition) is 11. The second-order valence-electron chi connectivity index (χ2n) is 15.9. The van der Waals surface area contributed by atoms with Crippen molar-refractivity contribution in [3.63, 3.8) is 0 Å². The summed E-state index contributed by atoms with van der Waals surface area (Å²) in [5, 5.41) is 12.2. The summed E-state index contributed by atoms with van der Waals surface area (Å²) in [5.74, 6) is -0.498. The lowest BCUT2D eigenvalue weighted by Crippen LogP contribution is -2.54. The molecule has 0 saturated carbocycles. The number of benzene rings is 3. The summed E-state index contributed by atoms with van der Waals surface area (Å²) < 4.78 is 6.13. The van der Waals surface area contributed by atoms with Gasteiger partial charge in [-0.2, -0.15) is 5.26 Å². The lowest BCUT2D eigenvalue weighted by atomic mass is 9.78. The molecule has 1 aromatic heterocycles. The Morgan fingerprint density at radius 1 is 0.897 bits per heavy atom. The fourth-order valence-electron chi connectivity index (χ4n) is 8.61. The zero-order chi connectivity index (χ0) is 40.6. The Hall–Kier alpha value is -5.68. The number of rotatable bonds is 10. The summed E-state index contributed by atoms with van der Waals surface area (Å²) in [4.78, 5) is 68.7. The number of carbonyl (C=O) groups excluding carboxylic acids is 4. The first kappa shape index (κ1) is 39.2. The monoisotopic (exact) mass is 800 g/mol. The van der Waals surface area contributed by atoms with Crippen molar-refractivity contribution in [1.82, 2.24) is 30.0 Å². The van der Waals surface area contributed by atoms with Crippen molar-refractivity contribution in [3.8, 4) is 11.8 Å². The number of fused-ring (bicyclic) bond motifs is 1. The summed E-state index contributed by atoms with van der Waals surface area (Å²) in [6, 6.07) is 22.3. The van der Waals surface area contributed by atoms with Gasteiger partial charge < -0.3 is 9.64 Å². The standard InChI is InChI=1S/C44H45ClN8O5/c1-44(2,31-22-28(25-46)23-32(45)24-31)30-6-8-35(9-7-30)58-27-33-12-15-47-43(48-33)52-20-18-51(19-21-52)34-13-16-50(17-14-34)26-29-4-3-5-36-39(29)42(57)53(41(36)56)37-10-11-38(54)49-40(37)55/h3-9,12,15,22-24,34,37H,10-11,13-14,16-21,26-27H2,1-2H3,(H,49,54,55). The average Bonchev–Trinajstić information content (AvgIpc) is 3.49. The number of hydrogen-bond donors (Lipinski definition) is 1. The van der Waals surface area contributed by atoms with Crippen LogP contribution in [0.3, 0.4) is 0 Å². The van der Waals surface area contributed by atoms with Crippen LogP contribution in [-0.4, -0.2) is 99.6 Å². The topological polar surface area (TPSA) is 152 Å². The Bertz CT molecular complexity index is 2290. The van der Waals surface area contributed by atoms with Crippen LogP contribution in [0.4, 0.5) is 5.95 Å². The molecule has 0 bridgehead atoms. The van der Waals surface area contributed by atoms with Gasteiger partial charge in [0.15, 0.2) is 0 Å². The van der Waals surface area contributed by atoms with Crippen LogP contribution < -0.4 is 15.0 Å². The van der Waals surface area contributed by atoms with Gasteiger partial charge in [-0.3, -0.25) is 39.2 Å². The molecular weight excluding hydrogens is 756 g/mol. The van der Waals surface area contributed by atoms with E-state index in [0.717, 1.165) is 85.1 Å².